The zero-order valence-corrected chi connectivity index (χ0v) is 18.3. The Hall–Kier alpha value is -1.55. The van der Waals surface area contributed by atoms with E-state index in [0.717, 1.165) is 28.0 Å². The molecule has 0 unspecified atom stereocenters. The van der Waals surface area contributed by atoms with Crippen LogP contribution in [0.4, 0.5) is 13.2 Å². The average Bonchev–Trinajstić information content (AvgIpc) is 3.54. The Balaban J connectivity index is 0.00000274. The number of alkyl halides is 3. The van der Waals surface area contributed by atoms with Crippen LogP contribution in [0.15, 0.2) is 77.7 Å². The van der Waals surface area contributed by atoms with Crippen LogP contribution in [0.25, 0.3) is 22.0 Å². The van der Waals surface area contributed by atoms with E-state index in [1.54, 1.807) is 22.8 Å². The molecule has 0 saturated heterocycles. The number of carboxylic acids is 1. The van der Waals surface area contributed by atoms with Gasteiger partial charge in [-0.3, -0.25) is 0 Å². The SMILES string of the molecule is O=C(O)c1c(-c2ccc(SC3CC3)cc2)c2ccccc2n1Cc1cccc(C(F)(F)F)c1.[KH]. The summed E-state index contributed by atoms with van der Waals surface area (Å²) in [6.45, 7) is 0.0156. The summed E-state index contributed by atoms with van der Waals surface area (Å²) in [6.07, 6.45) is -2.02. The molecule has 5 rings (SSSR count). The molecule has 0 aliphatic heterocycles. The Kier molecular flexibility index (Phi) is 7.66. The molecule has 1 heterocycles. The van der Waals surface area contributed by atoms with Crippen LogP contribution in [-0.4, -0.2) is 72.3 Å². The zero-order chi connectivity index (χ0) is 23.2. The van der Waals surface area contributed by atoms with E-state index in [1.807, 2.05) is 48.2 Å². The molecule has 8 heteroatoms. The second kappa shape index (κ2) is 10.2. The molecular formula is C26H21F3KNO2S. The Bertz CT molecular complexity index is 1340. The minimum absolute atomic E-state index is 0. The molecule has 1 saturated carbocycles. The number of aromatic nitrogens is 1. The maximum atomic E-state index is 13.2. The summed E-state index contributed by atoms with van der Waals surface area (Å²) in [5, 5.41) is 11.6. The first-order valence-electron chi connectivity index (χ1n) is 10.6. The van der Waals surface area contributed by atoms with E-state index in [-0.39, 0.29) is 63.6 Å². The number of aromatic carboxylic acids is 1. The monoisotopic (exact) mass is 507 g/mol. The fourth-order valence-electron chi connectivity index (χ4n) is 4.09. The van der Waals surface area contributed by atoms with E-state index in [0.29, 0.717) is 21.9 Å². The molecule has 0 bridgehead atoms. The molecule has 0 atom stereocenters. The molecule has 1 N–H and O–H groups in total. The molecule has 0 radical (unpaired) electrons. The fourth-order valence-corrected chi connectivity index (χ4v) is 5.14. The van der Waals surface area contributed by atoms with Crippen molar-refractivity contribution >= 4 is 80.0 Å². The van der Waals surface area contributed by atoms with Crippen LogP contribution in [0.2, 0.25) is 0 Å². The van der Waals surface area contributed by atoms with Crippen LogP contribution < -0.4 is 0 Å². The van der Waals surface area contributed by atoms with E-state index in [4.69, 9.17) is 0 Å². The molecule has 0 spiro atoms. The number of carbonyl (C=O) groups is 1. The van der Waals surface area contributed by atoms with Gasteiger partial charge >= 0.3 is 63.5 Å². The summed E-state index contributed by atoms with van der Waals surface area (Å²) >= 11 is 1.82. The third kappa shape index (κ3) is 5.32. The normalized spacial score (nSPS) is 13.6. The van der Waals surface area contributed by atoms with Gasteiger partial charge in [0.15, 0.2) is 0 Å². The molecule has 1 fully saturated rings. The average molecular weight is 508 g/mol. The second-order valence-corrected chi connectivity index (χ2v) is 9.55. The van der Waals surface area contributed by atoms with Crippen molar-refractivity contribution in [2.45, 2.75) is 35.7 Å². The summed E-state index contributed by atoms with van der Waals surface area (Å²) in [6, 6.07) is 20.2. The first-order valence-corrected chi connectivity index (χ1v) is 11.5. The van der Waals surface area contributed by atoms with E-state index in [9.17, 15) is 23.1 Å². The van der Waals surface area contributed by atoms with Gasteiger partial charge in [0.05, 0.1) is 5.56 Å². The van der Waals surface area contributed by atoms with Crippen LogP contribution in [0.3, 0.4) is 0 Å². The van der Waals surface area contributed by atoms with Gasteiger partial charge in [0.2, 0.25) is 0 Å². The Morgan fingerprint density at radius 3 is 2.35 bits per heavy atom. The van der Waals surface area contributed by atoms with Gasteiger partial charge in [0.25, 0.3) is 0 Å². The van der Waals surface area contributed by atoms with Gasteiger partial charge in [0, 0.05) is 33.2 Å². The summed E-state index contributed by atoms with van der Waals surface area (Å²) in [5.74, 6) is -1.12. The van der Waals surface area contributed by atoms with Crippen molar-refractivity contribution in [3.05, 3.63) is 89.6 Å². The zero-order valence-electron chi connectivity index (χ0n) is 17.5. The van der Waals surface area contributed by atoms with Crippen molar-refractivity contribution in [2.24, 2.45) is 0 Å². The molecule has 3 aromatic carbocycles. The van der Waals surface area contributed by atoms with Gasteiger partial charge in [-0.1, -0.05) is 42.5 Å². The predicted molar refractivity (Wildman–Crippen MR) is 131 cm³/mol. The maximum absolute atomic E-state index is 13.2. The van der Waals surface area contributed by atoms with Crippen LogP contribution in [0, 0.1) is 0 Å². The van der Waals surface area contributed by atoms with Gasteiger partial charge in [-0.2, -0.15) is 13.2 Å². The molecule has 1 aromatic heterocycles. The fraction of sp³-hybridized carbons (Fsp3) is 0.192. The van der Waals surface area contributed by atoms with Crippen molar-refractivity contribution in [2.75, 3.05) is 0 Å². The molecule has 3 nitrogen and oxygen atoms in total. The quantitative estimate of drug-likeness (QED) is 0.296. The van der Waals surface area contributed by atoms with Crippen molar-refractivity contribution in [3.63, 3.8) is 0 Å². The minimum atomic E-state index is -4.46. The summed E-state index contributed by atoms with van der Waals surface area (Å²) in [5.41, 5.74) is 1.71. The third-order valence-electron chi connectivity index (χ3n) is 5.74. The Labute approximate surface area is 241 Å². The summed E-state index contributed by atoms with van der Waals surface area (Å²) < 4.78 is 41.2. The van der Waals surface area contributed by atoms with Crippen LogP contribution >= 0.6 is 11.8 Å². The van der Waals surface area contributed by atoms with E-state index < -0.39 is 17.7 Å². The number of fused-ring (bicyclic) bond motifs is 1. The molecule has 0 amide bonds. The van der Waals surface area contributed by atoms with Crippen molar-refractivity contribution in [1.29, 1.82) is 0 Å². The Morgan fingerprint density at radius 2 is 1.71 bits per heavy atom. The van der Waals surface area contributed by atoms with Gasteiger partial charge in [-0.15, -0.1) is 11.8 Å². The molecule has 4 aromatic rings. The molecular weight excluding hydrogens is 486 g/mol. The molecule has 170 valence electrons. The number of hydrogen-bond acceptors (Lipinski definition) is 2. The van der Waals surface area contributed by atoms with E-state index in [2.05, 4.69) is 0 Å². The number of benzene rings is 3. The number of halogens is 3. The predicted octanol–water partition coefficient (Wildman–Crippen LogP) is 6.68. The van der Waals surface area contributed by atoms with Crippen molar-refractivity contribution in [1.82, 2.24) is 4.57 Å². The van der Waals surface area contributed by atoms with Crippen LogP contribution in [0.1, 0.15) is 34.5 Å². The summed E-state index contributed by atoms with van der Waals surface area (Å²) in [4.78, 5) is 13.6. The number of thioether (sulfide) groups is 1. The van der Waals surface area contributed by atoms with Crippen LogP contribution in [0.5, 0.6) is 0 Å². The number of para-hydroxylation sites is 1. The first kappa shape index (κ1) is 25.5. The molecule has 1 aliphatic rings. The summed E-state index contributed by atoms with van der Waals surface area (Å²) in [7, 11) is 0. The van der Waals surface area contributed by atoms with Crippen molar-refractivity contribution < 1.29 is 23.1 Å². The number of carboxylic acid groups (broad SMARTS) is 1. The van der Waals surface area contributed by atoms with Crippen LogP contribution in [-0.2, 0) is 12.7 Å². The van der Waals surface area contributed by atoms with Gasteiger partial charge in [0.1, 0.15) is 5.69 Å². The Morgan fingerprint density at radius 1 is 1.00 bits per heavy atom. The van der Waals surface area contributed by atoms with Gasteiger partial charge in [-0.25, -0.2) is 4.79 Å². The topological polar surface area (TPSA) is 42.2 Å². The second-order valence-electron chi connectivity index (χ2n) is 8.17. The standard InChI is InChI=1S/C26H20F3NO2S.K.H/c27-26(28,29)18-5-3-4-16(14-18)15-30-22-7-2-1-6-21(22)23(24(30)25(31)32)17-8-10-19(11-9-17)33-20-12-13-20;;/h1-11,14,20H,12-13,15H2,(H,31,32);;. The van der Waals surface area contributed by atoms with Gasteiger partial charge < -0.3 is 9.67 Å². The number of nitrogens with zero attached hydrogens (tertiary/aromatic N) is 1. The molecule has 1 aliphatic carbocycles. The third-order valence-corrected chi connectivity index (χ3v) is 7.09. The number of rotatable bonds is 6. The first-order chi connectivity index (χ1) is 15.8. The van der Waals surface area contributed by atoms with Crippen molar-refractivity contribution in [3.8, 4) is 11.1 Å². The van der Waals surface area contributed by atoms with E-state index in [1.165, 1.54) is 18.9 Å². The number of hydrogen-bond donors (Lipinski definition) is 1. The van der Waals surface area contributed by atoms with E-state index >= 15 is 0 Å². The van der Waals surface area contributed by atoms with Gasteiger partial charge in [-0.05, 0) is 54.3 Å². The molecule has 34 heavy (non-hydrogen) atoms.